The molecule has 0 aromatic carbocycles. The van der Waals surface area contributed by atoms with Crippen molar-refractivity contribution < 1.29 is 4.79 Å². The molecule has 0 unspecified atom stereocenters. The number of hydrogen-bond acceptors (Lipinski definition) is 6. The molecule has 30 heavy (non-hydrogen) atoms. The third kappa shape index (κ3) is 4.82. The zero-order valence-electron chi connectivity index (χ0n) is 18.5. The number of fused-ring (bicyclic) bond motifs is 1. The molecule has 1 atom stereocenters. The fourth-order valence-electron chi connectivity index (χ4n) is 4.28. The van der Waals surface area contributed by atoms with Crippen molar-refractivity contribution in [3.63, 3.8) is 0 Å². The Morgan fingerprint density at radius 3 is 2.73 bits per heavy atom. The summed E-state index contributed by atoms with van der Waals surface area (Å²) in [6.45, 7) is 12.1. The van der Waals surface area contributed by atoms with Gasteiger partial charge in [0.15, 0.2) is 11.5 Å². The van der Waals surface area contributed by atoms with Crippen LogP contribution in [-0.2, 0) is 0 Å². The van der Waals surface area contributed by atoms with Gasteiger partial charge in [0.1, 0.15) is 0 Å². The van der Waals surface area contributed by atoms with E-state index in [4.69, 9.17) is 0 Å². The van der Waals surface area contributed by atoms with Crippen LogP contribution in [0.4, 0.5) is 0 Å². The Labute approximate surface area is 179 Å². The molecule has 1 aliphatic heterocycles. The van der Waals surface area contributed by atoms with Crippen molar-refractivity contribution in [2.75, 3.05) is 59.4 Å². The van der Waals surface area contributed by atoms with Gasteiger partial charge in [-0.15, -0.1) is 10.2 Å². The molecule has 164 valence electrons. The molecule has 1 N–H and O–H groups in total. The molecular formula is C22H35N7O. The molecule has 0 bridgehead atoms. The van der Waals surface area contributed by atoms with E-state index in [9.17, 15) is 4.79 Å². The number of hydrogen-bond donors (Lipinski definition) is 1. The van der Waals surface area contributed by atoms with Crippen LogP contribution in [0.15, 0.2) is 18.3 Å². The second-order valence-corrected chi connectivity index (χ2v) is 8.69. The van der Waals surface area contributed by atoms with Crippen molar-refractivity contribution in [1.29, 1.82) is 0 Å². The van der Waals surface area contributed by atoms with E-state index in [0.29, 0.717) is 12.1 Å². The lowest BCUT2D eigenvalue weighted by Crippen LogP contribution is -2.47. The lowest BCUT2D eigenvalue weighted by atomic mass is 10.1. The summed E-state index contributed by atoms with van der Waals surface area (Å²) in [5.74, 6) is 1.76. The Morgan fingerprint density at radius 1 is 1.20 bits per heavy atom. The van der Waals surface area contributed by atoms with Gasteiger partial charge in [-0.2, -0.15) is 0 Å². The first kappa shape index (κ1) is 21.2. The summed E-state index contributed by atoms with van der Waals surface area (Å²) in [5, 5.41) is 11.9. The summed E-state index contributed by atoms with van der Waals surface area (Å²) in [6.07, 6.45) is 4.64. The third-order valence-corrected chi connectivity index (χ3v) is 6.54. The first-order valence-electron chi connectivity index (χ1n) is 11.4. The second-order valence-electron chi connectivity index (χ2n) is 8.69. The number of amides is 1. The average Bonchev–Trinajstić information content (AvgIpc) is 3.48. The fourth-order valence-corrected chi connectivity index (χ4v) is 4.28. The summed E-state index contributed by atoms with van der Waals surface area (Å²) in [5.41, 5.74) is 1.44. The number of piperazine rings is 1. The van der Waals surface area contributed by atoms with E-state index in [-0.39, 0.29) is 11.9 Å². The van der Waals surface area contributed by atoms with Gasteiger partial charge in [0, 0.05) is 45.5 Å². The Bertz CT molecular complexity index is 858. The van der Waals surface area contributed by atoms with Crippen LogP contribution in [0.1, 0.15) is 48.9 Å². The van der Waals surface area contributed by atoms with E-state index < -0.39 is 0 Å². The Balaban J connectivity index is 1.47. The third-order valence-electron chi connectivity index (χ3n) is 6.54. The van der Waals surface area contributed by atoms with Crippen molar-refractivity contribution in [1.82, 2.24) is 34.6 Å². The number of nitrogens with one attached hydrogen (secondary N) is 1. The summed E-state index contributed by atoms with van der Waals surface area (Å²) < 4.78 is 2.00. The molecule has 8 heteroatoms. The average molecular weight is 414 g/mol. The molecular weight excluding hydrogens is 378 g/mol. The number of likely N-dealkylation sites (N-methyl/N-ethyl adjacent to an activating group) is 2. The molecule has 0 radical (unpaired) electrons. The van der Waals surface area contributed by atoms with Crippen LogP contribution >= 0.6 is 0 Å². The summed E-state index contributed by atoms with van der Waals surface area (Å²) >= 11 is 0. The molecule has 4 rings (SSSR count). The van der Waals surface area contributed by atoms with E-state index in [1.807, 2.05) is 22.7 Å². The van der Waals surface area contributed by atoms with E-state index in [1.54, 1.807) is 0 Å². The monoisotopic (exact) mass is 413 g/mol. The maximum atomic E-state index is 12.7. The Kier molecular flexibility index (Phi) is 6.65. The van der Waals surface area contributed by atoms with Crippen LogP contribution in [0.2, 0.25) is 0 Å². The van der Waals surface area contributed by atoms with Gasteiger partial charge in [-0.25, -0.2) is 0 Å². The van der Waals surface area contributed by atoms with Crippen LogP contribution < -0.4 is 5.32 Å². The maximum Gasteiger partial charge on any atom is 0.252 e. The van der Waals surface area contributed by atoms with Crippen molar-refractivity contribution in [3.05, 3.63) is 29.7 Å². The molecule has 0 spiro atoms. The quantitative estimate of drug-likeness (QED) is 0.672. The molecule has 8 nitrogen and oxygen atoms in total. The Hall–Kier alpha value is -2.03. The predicted octanol–water partition coefficient (Wildman–Crippen LogP) is 1.50. The first-order chi connectivity index (χ1) is 14.6. The maximum absolute atomic E-state index is 12.7. The number of aromatic nitrogens is 3. The number of carbonyl (C=O) groups excluding carboxylic acids is 1. The highest BCUT2D eigenvalue weighted by atomic mass is 16.1. The summed E-state index contributed by atoms with van der Waals surface area (Å²) in [4.78, 5) is 19.9. The number of rotatable bonds is 9. The highest BCUT2D eigenvalue weighted by molar-refractivity contribution is 5.94. The van der Waals surface area contributed by atoms with Crippen molar-refractivity contribution in [2.45, 2.75) is 32.7 Å². The zero-order chi connectivity index (χ0) is 21.1. The minimum absolute atomic E-state index is 0.0453. The van der Waals surface area contributed by atoms with Gasteiger partial charge >= 0.3 is 0 Å². The minimum Gasteiger partial charge on any atom is -0.351 e. The van der Waals surface area contributed by atoms with Gasteiger partial charge in [-0.3, -0.25) is 19.0 Å². The zero-order valence-corrected chi connectivity index (χ0v) is 18.5. The molecule has 1 saturated carbocycles. The lowest BCUT2D eigenvalue weighted by Gasteiger charge is -2.38. The first-order valence-corrected chi connectivity index (χ1v) is 11.4. The van der Waals surface area contributed by atoms with Crippen LogP contribution in [-0.4, -0.2) is 94.6 Å². The van der Waals surface area contributed by atoms with Gasteiger partial charge in [0.2, 0.25) is 0 Å². The standard InChI is InChI=1S/C22H35N7O/c1-4-27(5-2)11-10-23-22(30)18-8-9-20-24-25-21(29(20)15-18)19-16-28(13-12-26(19)3)14-17-6-7-17/h8-9,15,17,19H,4-7,10-14,16H2,1-3H3,(H,23,30)/t19-/m1/s1. The minimum atomic E-state index is -0.0453. The number of carbonyl (C=O) groups is 1. The number of pyridine rings is 1. The van der Waals surface area contributed by atoms with Crippen LogP contribution in [0.3, 0.4) is 0 Å². The summed E-state index contributed by atoms with van der Waals surface area (Å²) in [7, 11) is 2.16. The molecule has 2 aromatic heterocycles. The van der Waals surface area contributed by atoms with Gasteiger partial charge in [0.05, 0.1) is 11.6 Å². The highest BCUT2D eigenvalue weighted by Crippen LogP contribution is 2.32. The smallest absolute Gasteiger partial charge is 0.252 e. The van der Waals surface area contributed by atoms with Crippen LogP contribution in [0.25, 0.3) is 5.65 Å². The lowest BCUT2D eigenvalue weighted by molar-refractivity contribution is 0.0869. The molecule has 1 aliphatic carbocycles. The van der Waals surface area contributed by atoms with Gasteiger partial charge < -0.3 is 10.2 Å². The normalized spacial score (nSPS) is 20.9. The molecule has 3 heterocycles. The van der Waals surface area contributed by atoms with Crippen molar-refractivity contribution in [2.24, 2.45) is 5.92 Å². The van der Waals surface area contributed by atoms with Crippen molar-refractivity contribution >= 4 is 11.6 Å². The fraction of sp³-hybridized carbons (Fsp3) is 0.682. The van der Waals surface area contributed by atoms with Crippen LogP contribution in [0.5, 0.6) is 0 Å². The van der Waals surface area contributed by atoms with Crippen molar-refractivity contribution in [3.8, 4) is 0 Å². The van der Waals surface area contributed by atoms with Gasteiger partial charge in [-0.1, -0.05) is 13.8 Å². The van der Waals surface area contributed by atoms with Crippen LogP contribution in [0, 0.1) is 5.92 Å². The Morgan fingerprint density at radius 2 is 2.00 bits per heavy atom. The highest BCUT2D eigenvalue weighted by Gasteiger charge is 2.32. The number of nitrogens with zero attached hydrogens (tertiary/aromatic N) is 6. The molecule has 2 aromatic rings. The van der Waals surface area contributed by atoms with Gasteiger partial charge in [0.25, 0.3) is 5.91 Å². The second kappa shape index (κ2) is 9.41. The molecule has 1 saturated heterocycles. The molecule has 2 aliphatic rings. The van der Waals surface area contributed by atoms with Gasteiger partial charge in [-0.05, 0) is 51.0 Å². The topological polar surface area (TPSA) is 69.0 Å². The predicted molar refractivity (Wildman–Crippen MR) is 118 cm³/mol. The van der Waals surface area contributed by atoms with E-state index in [1.165, 1.54) is 19.4 Å². The van der Waals surface area contributed by atoms with E-state index in [0.717, 1.165) is 56.7 Å². The van der Waals surface area contributed by atoms with E-state index in [2.05, 4.69) is 51.1 Å². The summed E-state index contributed by atoms with van der Waals surface area (Å²) in [6, 6.07) is 3.92. The van der Waals surface area contributed by atoms with E-state index >= 15 is 0 Å². The molecule has 1 amide bonds. The largest absolute Gasteiger partial charge is 0.351 e. The molecule has 2 fully saturated rings. The SMILES string of the molecule is CCN(CC)CCNC(=O)c1ccc2nnc([C@H]3CN(CC4CC4)CCN3C)n2c1.